The summed E-state index contributed by atoms with van der Waals surface area (Å²) in [6.07, 6.45) is 6.21. The highest BCUT2D eigenvalue weighted by atomic mass is 16.1. The number of Topliss-reactive ketones (excluding diaryl/α,β-unsaturated/α-hetero) is 1. The number of fused-ring (bicyclic) bond motifs is 5. The second kappa shape index (κ2) is 2.85. The average molecular weight is 205 g/mol. The molecule has 82 valence electrons. The smallest absolute Gasteiger partial charge is 0.135 e. The van der Waals surface area contributed by atoms with Gasteiger partial charge in [0.1, 0.15) is 5.78 Å². The number of carbonyl (C=O) groups is 1. The van der Waals surface area contributed by atoms with E-state index in [0.29, 0.717) is 5.78 Å². The minimum Gasteiger partial charge on any atom is -0.300 e. The first-order chi connectivity index (χ1) is 7.34. The van der Waals surface area contributed by atoms with Crippen LogP contribution in [0.1, 0.15) is 32.1 Å². The fraction of sp³-hybridized carbons (Fsp3) is 0.923. The predicted octanol–water partition coefficient (Wildman–Crippen LogP) is 1.70. The maximum atomic E-state index is 11.2. The van der Waals surface area contributed by atoms with E-state index in [0.717, 1.165) is 55.6 Å². The standard InChI is InChI=1S/C13H19NO/c15-10-3-5-14(6-4-10)13-11-8-1-2-9(7-8)12(11)13/h8-9,11-13H,1-7H2. The summed E-state index contributed by atoms with van der Waals surface area (Å²) >= 11 is 0. The molecule has 4 atom stereocenters. The van der Waals surface area contributed by atoms with Crippen LogP contribution in [0.4, 0.5) is 0 Å². The number of piperidine rings is 1. The molecule has 2 bridgehead atoms. The Morgan fingerprint density at radius 1 is 1.00 bits per heavy atom. The number of likely N-dealkylation sites (tertiary alicyclic amines) is 1. The fourth-order valence-electron chi connectivity index (χ4n) is 4.84. The summed E-state index contributed by atoms with van der Waals surface area (Å²) in [7, 11) is 0. The lowest BCUT2D eigenvalue weighted by Gasteiger charge is -2.28. The van der Waals surface area contributed by atoms with E-state index in [2.05, 4.69) is 4.90 Å². The van der Waals surface area contributed by atoms with E-state index < -0.39 is 0 Å². The molecule has 4 fully saturated rings. The van der Waals surface area contributed by atoms with Gasteiger partial charge >= 0.3 is 0 Å². The Kier molecular flexibility index (Phi) is 1.66. The maximum absolute atomic E-state index is 11.2. The first-order valence-electron chi connectivity index (χ1n) is 6.60. The first-order valence-corrected chi connectivity index (χ1v) is 6.60. The highest BCUT2D eigenvalue weighted by Gasteiger charge is 2.66. The maximum Gasteiger partial charge on any atom is 0.135 e. The molecule has 3 saturated carbocycles. The lowest BCUT2D eigenvalue weighted by molar-refractivity contribution is -0.121. The topological polar surface area (TPSA) is 20.3 Å². The van der Waals surface area contributed by atoms with Gasteiger partial charge in [0.15, 0.2) is 0 Å². The summed E-state index contributed by atoms with van der Waals surface area (Å²) in [5.74, 6) is 4.74. The molecular weight excluding hydrogens is 186 g/mol. The number of hydrogen-bond donors (Lipinski definition) is 0. The van der Waals surface area contributed by atoms with Crippen LogP contribution in [0.25, 0.3) is 0 Å². The molecule has 0 aromatic rings. The van der Waals surface area contributed by atoms with Crippen molar-refractivity contribution >= 4 is 5.78 Å². The van der Waals surface area contributed by atoms with E-state index >= 15 is 0 Å². The molecule has 0 amide bonds. The van der Waals surface area contributed by atoms with Crippen LogP contribution in [-0.2, 0) is 4.79 Å². The fourth-order valence-corrected chi connectivity index (χ4v) is 4.84. The van der Waals surface area contributed by atoms with Crippen molar-refractivity contribution in [3.63, 3.8) is 0 Å². The van der Waals surface area contributed by atoms with Crippen molar-refractivity contribution in [3.8, 4) is 0 Å². The molecule has 0 N–H and O–H groups in total. The SMILES string of the molecule is O=C1CCN(C2C3C4CCC(C4)C32)CC1. The molecule has 4 unspecified atom stereocenters. The van der Waals surface area contributed by atoms with E-state index in [1.54, 1.807) is 6.42 Å². The van der Waals surface area contributed by atoms with Gasteiger partial charge in [-0.05, 0) is 42.9 Å². The van der Waals surface area contributed by atoms with E-state index in [-0.39, 0.29) is 0 Å². The largest absolute Gasteiger partial charge is 0.300 e. The minimum absolute atomic E-state index is 0.486. The minimum atomic E-state index is 0.486. The molecule has 4 aliphatic rings. The van der Waals surface area contributed by atoms with Crippen LogP contribution in [0.2, 0.25) is 0 Å². The van der Waals surface area contributed by atoms with E-state index in [1.807, 2.05) is 0 Å². The summed E-state index contributed by atoms with van der Waals surface area (Å²) < 4.78 is 0. The summed E-state index contributed by atoms with van der Waals surface area (Å²) in [5, 5.41) is 0. The van der Waals surface area contributed by atoms with Crippen LogP contribution in [0.3, 0.4) is 0 Å². The van der Waals surface area contributed by atoms with Crippen LogP contribution in [0.5, 0.6) is 0 Å². The Morgan fingerprint density at radius 2 is 1.60 bits per heavy atom. The molecule has 3 aliphatic carbocycles. The Labute approximate surface area is 91.0 Å². The summed E-state index contributed by atoms with van der Waals surface area (Å²) in [4.78, 5) is 13.9. The Morgan fingerprint density at radius 3 is 2.20 bits per heavy atom. The van der Waals surface area contributed by atoms with Gasteiger partial charge in [-0.1, -0.05) is 0 Å². The zero-order chi connectivity index (χ0) is 9.99. The molecule has 0 aromatic carbocycles. The molecule has 2 heteroatoms. The van der Waals surface area contributed by atoms with Gasteiger partial charge in [0, 0.05) is 32.0 Å². The van der Waals surface area contributed by atoms with Gasteiger partial charge in [0.2, 0.25) is 0 Å². The lowest BCUT2D eigenvalue weighted by atomic mass is 10.0. The molecule has 1 saturated heterocycles. The second-order valence-corrected chi connectivity index (χ2v) is 6.05. The lowest BCUT2D eigenvalue weighted by Crippen LogP contribution is -2.38. The molecule has 1 heterocycles. The van der Waals surface area contributed by atoms with Crippen LogP contribution < -0.4 is 0 Å². The monoisotopic (exact) mass is 205 g/mol. The van der Waals surface area contributed by atoms with Gasteiger partial charge in [-0.3, -0.25) is 9.69 Å². The van der Waals surface area contributed by atoms with Gasteiger partial charge in [0.25, 0.3) is 0 Å². The number of rotatable bonds is 1. The molecule has 1 aliphatic heterocycles. The third kappa shape index (κ3) is 1.12. The van der Waals surface area contributed by atoms with Crippen molar-refractivity contribution in [1.29, 1.82) is 0 Å². The van der Waals surface area contributed by atoms with Crippen LogP contribution >= 0.6 is 0 Å². The molecular formula is C13H19NO. The van der Waals surface area contributed by atoms with Crippen LogP contribution in [0, 0.1) is 23.7 Å². The molecule has 0 aromatic heterocycles. The summed E-state index contributed by atoms with van der Waals surface area (Å²) in [6, 6.07) is 0.907. The van der Waals surface area contributed by atoms with Gasteiger partial charge in [-0.15, -0.1) is 0 Å². The molecule has 2 nitrogen and oxygen atoms in total. The van der Waals surface area contributed by atoms with Gasteiger partial charge < -0.3 is 0 Å². The zero-order valence-electron chi connectivity index (χ0n) is 9.19. The number of hydrogen-bond acceptors (Lipinski definition) is 2. The second-order valence-electron chi connectivity index (χ2n) is 6.05. The highest BCUT2D eigenvalue weighted by molar-refractivity contribution is 5.79. The third-order valence-electron chi connectivity index (χ3n) is 5.47. The Balaban J connectivity index is 1.47. The number of nitrogens with zero attached hydrogens (tertiary/aromatic N) is 1. The first kappa shape index (κ1) is 8.74. The number of carbonyl (C=O) groups excluding carboxylic acids is 1. The van der Waals surface area contributed by atoms with Crippen molar-refractivity contribution in [1.82, 2.24) is 4.90 Å². The normalized spacial score (nSPS) is 53.3. The van der Waals surface area contributed by atoms with Gasteiger partial charge in [0.05, 0.1) is 0 Å². The predicted molar refractivity (Wildman–Crippen MR) is 57.4 cm³/mol. The van der Waals surface area contributed by atoms with Crippen molar-refractivity contribution in [2.24, 2.45) is 23.7 Å². The van der Waals surface area contributed by atoms with Crippen molar-refractivity contribution in [2.45, 2.75) is 38.1 Å². The average Bonchev–Trinajstić information content (AvgIpc) is 2.69. The van der Waals surface area contributed by atoms with E-state index in [4.69, 9.17) is 0 Å². The number of ketones is 1. The highest BCUT2D eigenvalue weighted by Crippen LogP contribution is 2.67. The zero-order valence-corrected chi connectivity index (χ0v) is 9.19. The summed E-state index contributed by atoms with van der Waals surface area (Å²) in [5.41, 5.74) is 0. The molecule has 0 radical (unpaired) electrons. The third-order valence-corrected chi connectivity index (χ3v) is 5.47. The van der Waals surface area contributed by atoms with Crippen molar-refractivity contribution < 1.29 is 4.79 Å². The molecule has 15 heavy (non-hydrogen) atoms. The molecule has 4 rings (SSSR count). The van der Waals surface area contributed by atoms with Crippen LogP contribution in [-0.4, -0.2) is 29.8 Å². The van der Waals surface area contributed by atoms with E-state index in [1.165, 1.54) is 12.8 Å². The quantitative estimate of drug-likeness (QED) is 0.649. The van der Waals surface area contributed by atoms with Crippen LogP contribution in [0.15, 0.2) is 0 Å². The Hall–Kier alpha value is -0.370. The van der Waals surface area contributed by atoms with Gasteiger partial charge in [-0.2, -0.15) is 0 Å². The van der Waals surface area contributed by atoms with Crippen molar-refractivity contribution in [3.05, 3.63) is 0 Å². The Bertz CT molecular complexity index is 288. The summed E-state index contributed by atoms with van der Waals surface area (Å²) in [6.45, 7) is 2.13. The van der Waals surface area contributed by atoms with Gasteiger partial charge in [-0.25, -0.2) is 0 Å². The molecule has 0 spiro atoms. The van der Waals surface area contributed by atoms with Crippen molar-refractivity contribution in [2.75, 3.05) is 13.1 Å². The van der Waals surface area contributed by atoms with E-state index in [9.17, 15) is 4.79 Å².